The standard InChI is InChI=1S/C13H11FN2OS2/c14-10-6-8(12(15)18)3-4-9(10)7-16-13(17)11-2-1-5-19-11/h1-6H,7H2,(H2,15,18)(H,16,17). The number of hydrogen-bond donors (Lipinski definition) is 2. The minimum Gasteiger partial charge on any atom is -0.389 e. The number of thiocarbonyl (C=S) groups is 1. The first kappa shape index (κ1) is 13.6. The summed E-state index contributed by atoms with van der Waals surface area (Å²) in [4.78, 5) is 12.4. The summed E-state index contributed by atoms with van der Waals surface area (Å²) < 4.78 is 13.7. The number of rotatable bonds is 4. The topological polar surface area (TPSA) is 55.1 Å². The van der Waals surface area contributed by atoms with Crippen LogP contribution in [0.4, 0.5) is 4.39 Å². The lowest BCUT2D eigenvalue weighted by Gasteiger charge is -2.06. The molecule has 1 aromatic heterocycles. The molecule has 2 aromatic rings. The number of nitrogens with two attached hydrogens (primary N) is 1. The first-order valence-electron chi connectivity index (χ1n) is 5.48. The first-order valence-corrected chi connectivity index (χ1v) is 6.76. The van der Waals surface area contributed by atoms with Gasteiger partial charge < -0.3 is 11.1 Å². The molecule has 0 aliphatic heterocycles. The van der Waals surface area contributed by atoms with Crippen molar-refractivity contribution < 1.29 is 9.18 Å². The van der Waals surface area contributed by atoms with Crippen molar-refractivity contribution in [1.82, 2.24) is 5.32 Å². The summed E-state index contributed by atoms with van der Waals surface area (Å²) in [6, 6.07) is 7.98. The number of hydrogen-bond acceptors (Lipinski definition) is 3. The lowest BCUT2D eigenvalue weighted by molar-refractivity contribution is 0.0954. The van der Waals surface area contributed by atoms with E-state index in [0.29, 0.717) is 16.0 Å². The predicted octanol–water partition coefficient (Wildman–Crippen LogP) is 2.45. The number of thiophene rings is 1. The Bertz CT molecular complexity index is 611. The molecule has 19 heavy (non-hydrogen) atoms. The zero-order chi connectivity index (χ0) is 13.8. The predicted molar refractivity (Wildman–Crippen MR) is 77.8 cm³/mol. The van der Waals surface area contributed by atoms with Crippen molar-refractivity contribution in [3.05, 3.63) is 57.5 Å². The summed E-state index contributed by atoms with van der Waals surface area (Å²) in [5.74, 6) is -0.649. The Hall–Kier alpha value is -1.79. The number of carbonyl (C=O) groups is 1. The van der Waals surface area contributed by atoms with Crippen LogP contribution in [0.1, 0.15) is 20.8 Å². The van der Waals surface area contributed by atoms with E-state index in [1.807, 2.05) is 5.38 Å². The van der Waals surface area contributed by atoms with Crippen molar-refractivity contribution >= 4 is 34.5 Å². The zero-order valence-electron chi connectivity index (χ0n) is 9.85. The maximum absolute atomic E-state index is 13.7. The van der Waals surface area contributed by atoms with Gasteiger partial charge in [0.15, 0.2) is 0 Å². The fourth-order valence-electron chi connectivity index (χ4n) is 1.51. The largest absolute Gasteiger partial charge is 0.389 e. The van der Waals surface area contributed by atoms with E-state index < -0.39 is 5.82 Å². The second-order valence-corrected chi connectivity index (χ2v) is 5.22. The quantitative estimate of drug-likeness (QED) is 0.852. The van der Waals surface area contributed by atoms with Gasteiger partial charge in [-0.1, -0.05) is 30.4 Å². The summed E-state index contributed by atoms with van der Waals surface area (Å²) >= 11 is 6.11. The number of carbonyl (C=O) groups excluding carboxylic acids is 1. The molecule has 98 valence electrons. The fourth-order valence-corrected chi connectivity index (χ4v) is 2.28. The van der Waals surface area contributed by atoms with E-state index in [4.69, 9.17) is 18.0 Å². The molecule has 0 aliphatic carbocycles. The average Bonchev–Trinajstić information content (AvgIpc) is 2.90. The Labute approximate surface area is 119 Å². The van der Waals surface area contributed by atoms with E-state index in [-0.39, 0.29) is 17.4 Å². The molecule has 3 N–H and O–H groups in total. The van der Waals surface area contributed by atoms with Crippen molar-refractivity contribution in [2.24, 2.45) is 5.73 Å². The normalized spacial score (nSPS) is 10.2. The van der Waals surface area contributed by atoms with Crippen LogP contribution < -0.4 is 11.1 Å². The molecule has 0 aliphatic rings. The minimum absolute atomic E-state index is 0.125. The molecule has 0 bridgehead atoms. The highest BCUT2D eigenvalue weighted by Crippen LogP contribution is 2.12. The highest BCUT2D eigenvalue weighted by atomic mass is 32.1. The van der Waals surface area contributed by atoms with E-state index in [0.717, 1.165) is 0 Å². The molecule has 3 nitrogen and oxygen atoms in total. The van der Waals surface area contributed by atoms with E-state index in [1.165, 1.54) is 17.4 Å². The van der Waals surface area contributed by atoms with Gasteiger partial charge in [0, 0.05) is 17.7 Å². The number of benzene rings is 1. The van der Waals surface area contributed by atoms with Crippen LogP contribution in [0.15, 0.2) is 35.7 Å². The second-order valence-electron chi connectivity index (χ2n) is 3.83. The van der Waals surface area contributed by atoms with Crippen molar-refractivity contribution in [1.29, 1.82) is 0 Å². The summed E-state index contributed by atoms with van der Waals surface area (Å²) in [5.41, 5.74) is 6.28. The van der Waals surface area contributed by atoms with Crippen LogP contribution in [0.25, 0.3) is 0 Å². The Morgan fingerprint density at radius 1 is 1.42 bits per heavy atom. The summed E-state index contributed by atoms with van der Waals surface area (Å²) in [7, 11) is 0. The van der Waals surface area contributed by atoms with Gasteiger partial charge >= 0.3 is 0 Å². The summed E-state index contributed by atoms with van der Waals surface area (Å²) in [6.45, 7) is 0.125. The third kappa shape index (κ3) is 3.36. The van der Waals surface area contributed by atoms with Gasteiger partial charge in [-0.2, -0.15) is 0 Å². The van der Waals surface area contributed by atoms with E-state index in [2.05, 4.69) is 5.32 Å². The van der Waals surface area contributed by atoms with Crippen molar-refractivity contribution in [2.75, 3.05) is 0 Å². The molecule has 6 heteroatoms. The van der Waals surface area contributed by atoms with Crippen LogP contribution in [0, 0.1) is 5.82 Å². The monoisotopic (exact) mass is 294 g/mol. The maximum atomic E-state index is 13.7. The van der Waals surface area contributed by atoms with Gasteiger partial charge in [0.2, 0.25) is 0 Å². The van der Waals surface area contributed by atoms with Gasteiger partial charge in [0.25, 0.3) is 5.91 Å². The molecule has 0 radical (unpaired) electrons. The molecular weight excluding hydrogens is 283 g/mol. The first-order chi connectivity index (χ1) is 9.08. The molecule has 0 fully saturated rings. The Balaban J connectivity index is 2.04. The van der Waals surface area contributed by atoms with Gasteiger partial charge in [0.1, 0.15) is 10.8 Å². The van der Waals surface area contributed by atoms with Gasteiger partial charge in [-0.05, 0) is 17.5 Å². The van der Waals surface area contributed by atoms with Crippen LogP contribution in [-0.4, -0.2) is 10.9 Å². The lowest BCUT2D eigenvalue weighted by Crippen LogP contribution is -2.22. The molecule has 0 spiro atoms. The molecule has 1 heterocycles. The smallest absolute Gasteiger partial charge is 0.261 e. The van der Waals surface area contributed by atoms with Gasteiger partial charge in [0.05, 0.1) is 4.88 Å². The Morgan fingerprint density at radius 2 is 2.21 bits per heavy atom. The minimum atomic E-state index is -0.434. The van der Waals surface area contributed by atoms with E-state index >= 15 is 0 Å². The molecule has 0 saturated heterocycles. The molecule has 0 atom stereocenters. The summed E-state index contributed by atoms with van der Waals surface area (Å²) in [6.07, 6.45) is 0. The van der Waals surface area contributed by atoms with Crippen LogP contribution in [0.3, 0.4) is 0 Å². The number of amides is 1. The van der Waals surface area contributed by atoms with Crippen LogP contribution in [0.5, 0.6) is 0 Å². The molecule has 0 unspecified atom stereocenters. The molecular formula is C13H11FN2OS2. The zero-order valence-corrected chi connectivity index (χ0v) is 11.5. The maximum Gasteiger partial charge on any atom is 0.261 e. The Kier molecular flexibility index (Phi) is 4.24. The van der Waals surface area contributed by atoms with Crippen LogP contribution in [-0.2, 0) is 6.54 Å². The number of halogens is 1. The highest BCUT2D eigenvalue weighted by molar-refractivity contribution is 7.80. The Morgan fingerprint density at radius 3 is 2.79 bits per heavy atom. The molecule has 2 rings (SSSR count). The van der Waals surface area contributed by atoms with Gasteiger partial charge in [-0.3, -0.25) is 4.79 Å². The third-order valence-corrected chi connectivity index (χ3v) is 3.63. The van der Waals surface area contributed by atoms with E-state index in [9.17, 15) is 9.18 Å². The number of nitrogens with one attached hydrogen (secondary N) is 1. The average molecular weight is 294 g/mol. The second kappa shape index (κ2) is 5.90. The highest BCUT2D eigenvalue weighted by Gasteiger charge is 2.09. The van der Waals surface area contributed by atoms with Crippen LogP contribution in [0.2, 0.25) is 0 Å². The van der Waals surface area contributed by atoms with Crippen molar-refractivity contribution in [3.8, 4) is 0 Å². The molecule has 1 aromatic carbocycles. The van der Waals surface area contributed by atoms with Crippen LogP contribution >= 0.6 is 23.6 Å². The van der Waals surface area contributed by atoms with Crippen molar-refractivity contribution in [3.63, 3.8) is 0 Å². The van der Waals surface area contributed by atoms with Gasteiger partial charge in [-0.25, -0.2) is 4.39 Å². The third-order valence-electron chi connectivity index (χ3n) is 2.52. The fraction of sp³-hybridized carbons (Fsp3) is 0.0769. The molecule has 0 saturated carbocycles. The summed E-state index contributed by atoms with van der Waals surface area (Å²) in [5, 5.41) is 4.47. The van der Waals surface area contributed by atoms with Crippen molar-refractivity contribution in [2.45, 2.75) is 6.54 Å². The van der Waals surface area contributed by atoms with E-state index in [1.54, 1.807) is 24.3 Å². The van der Waals surface area contributed by atoms with Gasteiger partial charge in [-0.15, -0.1) is 11.3 Å². The SMILES string of the molecule is NC(=S)c1ccc(CNC(=O)c2cccs2)c(F)c1. The lowest BCUT2D eigenvalue weighted by atomic mass is 10.1. The molecule has 1 amide bonds.